The van der Waals surface area contributed by atoms with Crippen LogP contribution in [-0.4, -0.2) is 21.5 Å². The summed E-state index contributed by atoms with van der Waals surface area (Å²) in [7, 11) is 0. The zero-order valence-corrected chi connectivity index (χ0v) is 11.9. The third-order valence-corrected chi connectivity index (χ3v) is 2.91. The topological polar surface area (TPSA) is 64.1 Å². The fraction of sp³-hybridized carbons (Fsp3) is 0.333. The van der Waals surface area contributed by atoms with E-state index in [1.807, 2.05) is 0 Å². The van der Waals surface area contributed by atoms with Gasteiger partial charge in [0.05, 0.1) is 10.9 Å². The van der Waals surface area contributed by atoms with Crippen LogP contribution in [0.4, 0.5) is 4.79 Å². The van der Waals surface area contributed by atoms with Crippen LogP contribution in [-0.2, 0) is 4.74 Å². The monoisotopic (exact) mass is 312 g/mol. The van der Waals surface area contributed by atoms with Crippen molar-refractivity contribution in [2.75, 3.05) is 0 Å². The molecule has 0 amide bonds. The largest absolute Gasteiger partial charge is 0.442 e. The van der Waals surface area contributed by atoms with Crippen LogP contribution in [0.15, 0.2) is 27.5 Å². The third-order valence-electron chi connectivity index (χ3n) is 2.25. The molecular formula is C12H13BrN2O3. The van der Waals surface area contributed by atoms with Crippen LogP contribution in [0.25, 0.3) is 10.9 Å². The van der Waals surface area contributed by atoms with Crippen molar-refractivity contribution in [1.29, 1.82) is 0 Å². The number of nitrogens with zero attached hydrogens (tertiary/aromatic N) is 1. The highest BCUT2D eigenvalue weighted by Crippen LogP contribution is 2.21. The minimum absolute atomic E-state index is 0.330. The molecule has 1 aromatic carbocycles. The zero-order chi connectivity index (χ0) is 13.5. The molecule has 0 aliphatic carbocycles. The first-order valence-corrected chi connectivity index (χ1v) is 6.21. The quantitative estimate of drug-likeness (QED) is 0.813. The number of aromatic nitrogens is 2. The van der Waals surface area contributed by atoms with Crippen molar-refractivity contribution in [1.82, 2.24) is 9.78 Å². The predicted molar refractivity (Wildman–Crippen MR) is 71.9 cm³/mol. The van der Waals surface area contributed by atoms with Crippen LogP contribution in [0.5, 0.6) is 0 Å². The number of carbonyl (C=O) groups excluding carboxylic acids is 1. The van der Waals surface area contributed by atoms with Gasteiger partial charge >= 0.3 is 6.09 Å². The lowest BCUT2D eigenvalue weighted by Crippen LogP contribution is -2.28. The Kier molecular flexibility index (Phi) is 3.06. The van der Waals surface area contributed by atoms with Crippen molar-refractivity contribution >= 4 is 32.9 Å². The van der Waals surface area contributed by atoms with Gasteiger partial charge in [0, 0.05) is 4.47 Å². The molecule has 96 valence electrons. The van der Waals surface area contributed by atoms with Crippen LogP contribution in [0.2, 0.25) is 0 Å². The minimum Gasteiger partial charge on any atom is -0.442 e. The van der Waals surface area contributed by atoms with Gasteiger partial charge in [-0.1, -0.05) is 6.07 Å². The second kappa shape index (κ2) is 4.28. The van der Waals surface area contributed by atoms with Gasteiger partial charge in [-0.05, 0) is 48.8 Å². The molecule has 0 unspecified atom stereocenters. The number of fused-ring (bicyclic) bond motifs is 1. The van der Waals surface area contributed by atoms with E-state index in [1.54, 1.807) is 39.0 Å². The van der Waals surface area contributed by atoms with Gasteiger partial charge in [0.25, 0.3) is 5.56 Å². The van der Waals surface area contributed by atoms with Gasteiger partial charge in [-0.15, -0.1) is 0 Å². The normalized spacial score (nSPS) is 11.8. The molecule has 0 spiro atoms. The van der Waals surface area contributed by atoms with Crippen LogP contribution in [0, 0.1) is 0 Å². The van der Waals surface area contributed by atoms with Gasteiger partial charge in [0.15, 0.2) is 0 Å². The lowest BCUT2D eigenvalue weighted by atomic mass is 10.2. The van der Waals surface area contributed by atoms with Gasteiger partial charge in [0.2, 0.25) is 0 Å². The first-order valence-electron chi connectivity index (χ1n) is 5.42. The van der Waals surface area contributed by atoms with E-state index in [0.29, 0.717) is 15.4 Å². The fourth-order valence-corrected chi connectivity index (χ4v) is 2.13. The molecule has 6 heteroatoms. The van der Waals surface area contributed by atoms with E-state index in [9.17, 15) is 9.59 Å². The average molecular weight is 313 g/mol. The smallest absolute Gasteiger partial charge is 0.434 e. The lowest BCUT2D eigenvalue weighted by molar-refractivity contribution is 0.0522. The summed E-state index contributed by atoms with van der Waals surface area (Å²) in [5, 5.41) is 2.91. The molecule has 1 N–H and O–H groups in total. The summed E-state index contributed by atoms with van der Waals surface area (Å²) in [6, 6.07) is 5.18. The Balaban J connectivity index is 2.57. The van der Waals surface area contributed by atoms with Crippen molar-refractivity contribution in [3.05, 3.63) is 33.0 Å². The first-order chi connectivity index (χ1) is 8.29. The van der Waals surface area contributed by atoms with Crippen molar-refractivity contribution in [3.63, 3.8) is 0 Å². The standard InChI is InChI=1S/C12H13BrN2O3/c1-12(2,3)18-11(17)15-8-6-4-5-7(13)9(8)10(16)14-15/h4-6H,1-3H3,(H,14,16). The predicted octanol–water partition coefficient (Wildman–Crippen LogP) is 2.88. The Morgan fingerprint density at radius 1 is 1.39 bits per heavy atom. The van der Waals surface area contributed by atoms with Crippen molar-refractivity contribution in [2.24, 2.45) is 0 Å². The van der Waals surface area contributed by atoms with Gasteiger partial charge in [-0.3, -0.25) is 9.89 Å². The molecule has 0 fully saturated rings. The lowest BCUT2D eigenvalue weighted by Gasteiger charge is -2.19. The number of aromatic amines is 1. The fourth-order valence-electron chi connectivity index (χ4n) is 1.59. The van der Waals surface area contributed by atoms with Gasteiger partial charge < -0.3 is 4.74 Å². The summed E-state index contributed by atoms with van der Waals surface area (Å²) < 4.78 is 6.98. The maximum Gasteiger partial charge on any atom is 0.434 e. The van der Waals surface area contributed by atoms with E-state index in [4.69, 9.17) is 4.74 Å². The number of rotatable bonds is 0. The van der Waals surface area contributed by atoms with Gasteiger partial charge in [-0.25, -0.2) is 4.79 Å². The number of carbonyl (C=O) groups is 1. The molecule has 5 nitrogen and oxygen atoms in total. The van der Waals surface area contributed by atoms with E-state index in [2.05, 4.69) is 21.0 Å². The van der Waals surface area contributed by atoms with Crippen molar-refractivity contribution in [2.45, 2.75) is 26.4 Å². The molecule has 1 aromatic heterocycles. The van der Waals surface area contributed by atoms with Crippen molar-refractivity contribution < 1.29 is 9.53 Å². The molecule has 0 atom stereocenters. The Morgan fingerprint density at radius 2 is 2.06 bits per heavy atom. The van der Waals surface area contributed by atoms with E-state index < -0.39 is 11.7 Å². The Labute approximate surface area is 112 Å². The third kappa shape index (κ3) is 2.33. The number of hydrogen-bond donors (Lipinski definition) is 1. The highest BCUT2D eigenvalue weighted by molar-refractivity contribution is 9.10. The van der Waals surface area contributed by atoms with Gasteiger partial charge in [0.1, 0.15) is 5.60 Å². The number of halogens is 1. The van der Waals surface area contributed by atoms with Crippen molar-refractivity contribution in [3.8, 4) is 0 Å². The Hall–Kier alpha value is -1.56. The maximum atomic E-state index is 12.0. The zero-order valence-electron chi connectivity index (χ0n) is 10.3. The number of H-pyrrole nitrogens is 1. The summed E-state index contributed by atoms with van der Waals surface area (Å²) in [6.45, 7) is 5.31. The molecule has 0 saturated carbocycles. The molecule has 0 aliphatic rings. The highest BCUT2D eigenvalue weighted by Gasteiger charge is 2.21. The van der Waals surface area contributed by atoms with E-state index in [1.165, 1.54) is 0 Å². The van der Waals surface area contributed by atoms with E-state index >= 15 is 0 Å². The summed E-state index contributed by atoms with van der Waals surface area (Å²) in [5.41, 5.74) is -0.455. The average Bonchev–Trinajstić information content (AvgIpc) is 2.55. The SMILES string of the molecule is CC(C)(C)OC(=O)n1[nH]c(=O)c2c(Br)cccc21. The summed E-state index contributed by atoms with van der Waals surface area (Å²) >= 11 is 3.29. The first kappa shape index (κ1) is 12.9. The molecule has 18 heavy (non-hydrogen) atoms. The molecular weight excluding hydrogens is 300 g/mol. The summed E-state index contributed by atoms with van der Waals surface area (Å²) in [5.74, 6) is 0. The van der Waals surface area contributed by atoms with E-state index in [-0.39, 0.29) is 5.56 Å². The number of nitrogens with one attached hydrogen (secondary N) is 1. The van der Waals surface area contributed by atoms with E-state index in [0.717, 1.165) is 4.68 Å². The van der Waals surface area contributed by atoms with Crippen LogP contribution < -0.4 is 5.56 Å². The Morgan fingerprint density at radius 3 is 2.67 bits per heavy atom. The second-order valence-electron chi connectivity index (χ2n) is 4.89. The molecule has 0 aliphatic heterocycles. The number of benzene rings is 1. The number of ether oxygens (including phenoxy) is 1. The molecule has 1 heterocycles. The van der Waals surface area contributed by atoms with Gasteiger partial charge in [-0.2, -0.15) is 4.68 Å². The van der Waals surface area contributed by atoms with Crippen LogP contribution >= 0.6 is 15.9 Å². The molecule has 2 rings (SSSR count). The Bertz CT molecular complexity index is 664. The molecule has 0 radical (unpaired) electrons. The molecule has 2 aromatic rings. The second-order valence-corrected chi connectivity index (χ2v) is 5.74. The summed E-state index contributed by atoms with van der Waals surface area (Å²) in [4.78, 5) is 23.7. The summed E-state index contributed by atoms with van der Waals surface area (Å²) in [6.07, 6.45) is -0.604. The molecule has 0 saturated heterocycles. The molecule has 0 bridgehead atoms. The maximum absolute atomic E-state index is 12.0. The number of hydrogen-bond acceptors (Lipinski definition) is 3. The minimum atomic E-state index is -0.615. The van der Waals surface area contributed by atoms with Crippen LogP contribution in [0.3, 0.4) is 0 Å². The van der Waals surface area contributed by atoms with Crippen LogP contribution in [0.1, 0.15) is 20.8 Å². The highest BCUT2D eigenvalue weighted by atomic mass is 79.9.